The fourth-order valence-electron chi connectivity index (χ4n) is 4.08. The summed E-state index contributed by atoms with van der Waals surface area (Å²) in [7, 11) is 0. The molecule has 0 bridgehead atoms. The number of amidine groups is 1. The van der Waals surface area contributed by atoms with E-state index in [1.165, 1.54) is 12.4 Å². The third-order valence-electron chi connectivity index (χ3n) is 6.79. The van der Waals surface area contributed by atoms with Crippen LogP contribution in [0.2, 0.25) is 0 Å². The number of benzene rings is 2. The second-order valence-electron chi connectivity index (χ2n) is 9.75. The molecule has 0 atom stereocenters. The van der Waals surface area contributed by atoms with Crippen molar-refractivity contribution >= 4 is 17.6 Å². The Hall–Kier alpha value is -5.84. The molecule has 0 saturated carbocycles. The monoisotopic (exact) mass is 611 g/mol. The Labute approximate surface area is 259 Å². The lowest BCUT2D eigenvalue weighted by molar-refractivity contribution is 0.0942. The number of aromatic nitrogens is 2. The van der Waals surface area contributed by atoms with Gasteiger partial charge in [0, 0.05) is 53.3 Å². The lowest BCUT2D eigenvalue weighted by Gasteiger charge is -2.12. The van der Waals surface area contributed by atoms with Gasteiger partial charge < -0.3 is 36.8 Å². The molecule has 0 aliphatic heterocycles. The highest BCUT2D eigenvalue weighted by molar-refractivity contribution is 5.98. The van der Waals surface area contributed by atoms with Gasteiger partial charge in [0.25, 0.3) is 11.8 Å². The van der Waals surface area contributed by atoms with E-state index in [-0.39, 0.29) is 55.5 Å². The number of carbonyl (C=O) groups is 2. The Bertz CT molecular complexity index is 1730. The Morgan fingerprint density at radius 2 is 1.16 bits per heavy atom. The maximum Gasteiger partial charge on any atom is 0.251 e. The van der Waals surface area contributed by atoms with Crippen molar-refractivity contribution in [3.63, 3.8) is 0 Å². The molecule has 0 saturated heterocycles. The average Bonchev–Trinajstić information content (AvgIpc) is 3.05. The minimum atomic E-state index is -0.340. The van der Waals surface area contributed by atoms with Crippen LogP contribution < -0.4 is 16.4 Å². The molecule has 45 heavy (non-hydrogen) atoms. The third-order valence-corrected chi connectivity index (χ3v) is 6.79. The number of pyridine rings is 2. The molecule has 0 aliphatic carbocycles. The minimum Gasteiger partial charge on any atom is -0.506 e. The van der Waals surface area contributed by atoms with Crippen LogP contribution in [0.5, 0.6) is 11.5 Å². The fraction of sp³-hybridized carbons (Fsp3) is 0.188. The fourth-order valence-corrected chi connectivity index (χ4v) is 4.08. The SMILES string of the molecule is Cc1ncc(CNC(=O)c2ccc(C#N)cc2)c(CO)c1O.Cc1ncc(CNC(=O)c2ccc(C(=N)N)cc2)c(CO)c1O. The van der Waals surface area contributed by atoms with E-state index in [0.717, 1.165) is 0 Å². The van der Waals surface area contributed by atoms with Crippen LogP contribution in [0.1, 0.15) is 65.5 Å². The van der Waals surface area contributed by atoms with E-state index in [0.29, 0.717) is 55.9 Å². The first kappa shape index (κ1) is 33.7. The van der Waals surface area contributed by atoms with Gasteiger partial charge in [0.05, 0.1) is 36.2 Å². The van der Waals surface area contributed by atoms with Crippen LogP contribution in [0.4, 0.5) is 0 Å². The van der Waals surface area contributed by atoms with Gasteiger partial charge in [0.2, 0.25) is 0 Å². The number of amides is 2. The normalized spacial score (nSPS) is 10.2. The smallest absolute Gasteiger partial charge is 0.251 e. The molecule has 4 rings (SSSR count). The summed E-state index contributed by atoms with van der Waals surface area (Å²) in [5, 5.41) is 59.8. The van der Waals surface area contributed by atoms with Gasteiger partial charge >= 0.3 is 0 Å². The third kappa shape index (κ3) is 8.60. The second-order valence-corrected chi connectivity index (χ2v) is 9.75. The van der Waals surface area contributed by atoms with Crippen molar-refractivity contribution in [1.82, 2.24) is 20.6 Å². The Kier molecular flexibility index (Phi) is 11.7. The molecule has 0 unspecified atom stereocenters. The van der Waals surface area contributed by atoms with Crippen LogP contribution in [0.25, 0.3) is 0 Å². The highest BCUT2D eigenvalue weighted by Gasteiger charge is 2.14. The predicted octanol–water partition coefficient (Wildman–Crippen LogP) is 2.19. The van der Waals surface area contributed by atoms with Gasteiger partial charge in [-0.15, -0.1) is 0 Å². The number of aliphatic hydroxyl groups excluding tert-OH is 2. The van der Waals surface area contributed by atoms with E-state index in [1.54, 1.807) is 62.4 Å². The summed E-state index contributed by atoms with van der Waals surface area (Å²) in [5.74, 6) is -0.819. The molecule has 2 aromatic carbocycles. The van der Waals surface area contributed by atoms with Crippen LogP contribution in [0.15, 0.2) is 60.9 Å². The molecule has 0 radical (unpaired) electrons. The number of nitrogens with one attached hydrogen (secondary N) is 3. The number of nitrogens with two attached hydrogens (primary N) is 1. The zero-order chi connectivity index (χ0) is 33.1. The summed E-state index contributed by atoms with van der Waals surface area (Å²) < 4.78 is 0. The van der Waals surface area contributed by atoms with Crippen molar-refractivity contribution in [1.29, 1.82) is 10.7 Å². The number of nitriles is 1. The number of aryl methyl sites for hydroxylation is 2. The van der Waals surface area contributed by atoms with Crippen LogP contribution >= 0.6 is 0 Å². The van der Waals surface area contributed by atoms with Gasteiger partial charge in [0.15, 0.2) is 0 Å². The summed E-state index contributed by atoms with van der Waals surface area (Å²) in [5.41, 5.74) is 9.87. The van der Waals surface area contributed by atoms with E-state index in [4.69, 9.17) is 16.4 Å². The molecule has 0 aliphatic rings. The maximum absolute atomic E-state index is 12.1. The van der Waals surface area contributed by atoms with E-state index in [2.05, 4.69) is 20.6 Å². The van der Waals surface area contributed by atoms with E-state index in [1.807, 2.05) is 6.07 Å². The van der Waals surface area contributed by atoms with Crippen molar-refractivity contribution in [2.24, 2.45) is 5.73 Å². The summed E-state index contributed by atoms with van der Waals surface area (Å²) in [4.78, 5) is 32.2. The van der Waals surface area contributed by atoms with E-state index >= 15 is 0 Å². The van der Waals surface area contributed by atoms with E-state index < -0.39 is 0 Å². The number of rotatable bonds is 9. The van der Waals surface area contributed by atoms with Gasteiger partial charge in [-0.1, -0.05) is 12.1 Å². The molecular weight excluding hydrogens is 578 g/mol. The second kappa shape index (κ2) is 15.6. The first-order chi connectivity index (χ1) is 21.5. The Morgan fingerprint density at radius 1 is 0.778 bits per heavy atom. The minimum absolute atomic E-state index is 0.0624. The molecule has 232 valence electrons. The molecule has 4 aromatic rings. The maximum atomic E-state index is 12.1. The van der Waals surface area contributed by atoms with Crippen molar-refractivity contribution in [3.05, 3.63) is 117 Å². The number of aromatic hydroxyl groups is 2. The molecule has 9 N–H and O–H groups in total. The van der Waals surface area contributed by atoms with Crippen molar-refractivity contribution in [3.8, 4) is 17.6 Å². The Morgan fingerprint density at radius 3 is 1.51 bits per heavy atom. The highest BCUT2D eigenvalue weighted by atomic mass is 16.3. The molecule has 2 amide bonds. The largest absolute Gasteiger partial charge is 0.506 e. The lowest BCUT2D eigenvalue weighted by atomic mass is 10.1. The van der Waals surface area contributed by atoms with Crippen molar-refractivity contribution < 1.29 is 30.0 Å². The van der Waals surface area contributed by atoms with Gasteiger partial charge in [-0.3, -0.25) is 25.0 Å². The molecule has 13 nitrogen and oxygen atoms in total. The van der Waals surface area contributed by atoms with Gasteiger partial charge in [-0.25, -0.2) is 0 Å². The number of aliphatic hydroxyl groups is 2. The van der Waals surface area contributed by atoms with E-state index in [9.17, 15) is 30.0 Å². The number of nitrogen functional groups attached to an aromatic ring is 1. The Balaban J connectivity index is 0.000000246. The number of hydrogen-bond acceptors (Lipinski definition) is 10. The van der Waals surface area contributed by atoms with Crippen LogP contribution in [-0.4, -0.2) is 48.0 Å². The summed E-state index contributed by atoms with van der Waals surface area (Å²) in [6, 6.07) is 14.6. The molecule has 2 aromatic heterocycles. The first-order valence-corrected chi connectivity index (χ1v) is 13.6. The number of nitrogens with zero attached hydrogens (tertiary/aromatic N) is 3. The average molecular weight is 612 g/mol. The zero-order valence-electron chi connectivity index (χ0n) is 24.6. The number of hydrogen-bond donors (Lipinski definition) is 8. The standard InChI is InChI=1S/C16H18N4O3.C16H15N3O3/c1-9-14(22)13(8-21)12(6-19-9)7-20-16(23)11-4-2-10(3-5-11)15(17)18;1-10-15(21)14(9-20)13(7-18-10)8-19-16(22)12-4-2-11(6-17)3-5-12/h2-6,21-22H,7-8H2,1H3,(H3,17,18)(H,20,23);2-5,7,20-21H,8-9H2,1H3,(H,19,22). The van der Waals surface area contributed by atoms with Crippen LogP contribution in [0, 0.1) is 30.6 Å². The summed E-state index contributed by atoms with van der Waals surface area (Å²) in [6.07, 6.45) is 3.03. The highest BCUT2D eigenvalue weighted by Crippen LogP contribution is 2.24. The van der Waals surface area contributed by atoms with Crippen LogP contribution in [-0.2, 0) is 26.3 Å². The van der Waals surface area contributed by atoms with Crippen LogP contribution in [0.3, 0.4) is 0 Å². The summed E-state index contributed by atoms with van der Waals surface area (Å²) >= 11 is 0. The van der Waals surface area contributed by atoms with Crippen molar-refractivity contribution in [2.75, 3.05) is 0 Å². The topological polar surface area (TPSA) is 239 Å². The quantitative estimate of drug-likeness (QED) is 0.101. The summed E-state index contributed by atoms with van der Waals surface area (Å²) in [6.45, 7) is 2.85. The predicted molar refractivity (Wildman–Crippen MR) is 164 cm³/mol. The number of carbonyl (C=O) groups excluding carboxylic acids is 2. The molecule has 0 fully saturated rings. The molecule has 0 spiro atoms. The van der Waals surface area contributed by atoms with Gasteiger partial charge in [-0.05, 0) is 61.4 Å². The molecule has 13 heteroatoms. The van der Waals surface area contributed by atoms with Crippen molar-refractivity contribution in [2.45, 2.75) is 40.2 Å². The van der Waals surface area contributed by atoms with Gasteiger partial charge in [0.1, 0.15) is 17.3 Å². The molecular formula is C32H33N7O6. The van der Waals surface area contributed by atoms with Gasteiger partial charge in [-0.2, -0.15) is 5.26 Å². The first-order valence-electron chi connectivity index (χ1n) is 13.6. The lowest BCUT2D eigenvalue weighted by Crippen LogP contribution is -2.24. The molecule has 2 heterocycles. The zero-order valence-corrected chi connectivity index (χ0v) is 24.6.